The molecule has 26 heavy (non-hydrogen) atoms. The Bertz CT molecular complexity index is 938. The van der Waals surface area contributed by atoms with Crippen LogP contribution in [0.2, 0.25) is 0 Å². The summed E-state index contributed by atoms with van der Waals surface area (Å²) in [5.74, 6) is 0.717. The second kappa shape index (κ2) is 8.58. The van der Waals surface area contributed by atoms with Crippen LogP contribution in [-0.2, 0) is 4.74 Å². The van der Waals surface area contributed by atoms with Gasteiger partial charge in [0, 0.05) is 18.1 Å². The molecule has 3 aromatic rings. The highest BCUT2D eigenvalue weighted by atomic mass is 79.9. The number of ether oxygens (including phenoxy) is 1. The third-order valence-electron chi connectivity index (χ3n) is 4.30. The zero-order chi connectivity index (χ0) is 18.5. The lowest BCUT2D eigenvalue weighted by Crippen LogP contribution is -2.32. The van der Waals surface area contributed by atoms with Crippen LogP contribution < -0.4 is 10.9 Å². The molecule has 0 bridgehead atoms. The number of methoxy groups -OCH3 is 1. The molecule has 136 valence electrons. The zero-order valence-electron chi connectivity index (χ0n) is 14.9. The van der Waals surface area contributed by atoms with E-state index in [0.717, 1.165) is 22.4 Å². The summed E-state index contributed by atoms with van der Waals surface area (Å²) in [6, 6.07) is 15.1. The van der Waals surface area contributed by atoms with Crippen LogP contribution in [0.4, 0.5) is 0 Å². The van der Waals surface area contributed by atoms with Gasteiger partial charge >= 0.3 is 0 Å². The molecule has 0 aliphatic heterocycles. The summed E-state index contributed by atoms with van der Waals surface area (Å²) in [7, 11) is 1.68. The number of nitrogens with one attached hydrogen (secondary N) is 1. The fraction of sp³-hybridized carbons (Fsp3) is 0.300. The Labute approximate surface area is 161 Å². The maximum absolute atomic E-state index is 13.2. The van der Waals surface area contributed by atoms with Crippen LogP contribution in [0, 0.1) is 0 Å². The van der Waals surface area contributed by atoms with Gasteiger partial charge in [0.05, 0.1) is 29.2 Å². The molecule has 0 radical (unpaired) electrons. The number of para-hydroxylation sites is 1. The highest BCUT2D eigenvalue weighted by molar-refractivity contribution is 9.10. The Morgan fingerprint density at radius 2 is 1.92 bits per heavy atom. The van der Waals surface area contributed by atoms with Crippen molar-refractivity contribution in [1.29, 1.82) is 0 Å². The number of aromatic nitrogens is 2. The van der Waals surface area contributed by atoms with Crippen LogP contribution in [0.1, 0.15) is 25.2 Å². The average Bonchev–Trinajstić information content (AvgIpc) is 2.66. The van der Waals surface area contributed by atoms with Gasteiger partial charge in [0.2, 0.25) is 0 Å². The van der Waals surface area contributed by atoms with E-state index < -0.39 is 0 Å². The van der Waals surface area contributed by atoms with Gasteiger partial charge in [0.25, 0.3) is 5.56 Å². The highest BCUT2D eigenvalue weighted by Crippen LogP contribution is 2.21. The number of hydrogen-bond acceptors (Lipinski definition) is 4. The Morgan fingerprint density at radius 1 is 1.19 bits per heavy atom. The van der Waals surface area contributed by atoms with E-state index in [4.69, 9.17) is 9.72 Å². The predicted octanol–water partition coefficient (Wildman–Crippen LogP) is 3.84. The largest absolute Gasteiger partial charge is 0.383 e. The molecule has 0 aliphatic carbocycles. The quantitative estimate of drug-likeness (QED) is 0.595. The van der Waals surface area contributed by atoms with E-state index in [1.54, 1.807) is 11.7 Å². The van der Waals surface area contributed by atoms with Crippen molar-refractivity contribution in [2.45, 2.75) is 19.4 Å². The summed E-state index contributed by atoms with van der Waals surface area (Å²) in [6.45, 7) is 3.38. The Kier molecular flexibility index (Phi) is 6.19. The number of fused-ring (bicyclic) bond motifs is 1. The van der Waals surface area contributed by atoms with E-state index >= 15 is 0 Å². The van der Waals surface area contributed by atoms with Gasteiger partial charge in [0.1, 0.15) is 5.82 Å². The number of rotatable bonds is 7. The highest BCUT2D eigenvalue weighted by Gasteiger charge is 2.19. The molecular formula is C20H22BrN3O2. The Hall–Kier alpha value is -2.02. The van der Waals surface area contributed by atoms with Crippen molar-refractivity contribution < 1.29 is 4.74 Å². The van der Waals surface area contributed by atoms with Crippen LogP contribution in [0.5, 0.6) is 0 Å². The smallest absolute Gasteiger partial charge is 0.266 e. The van der Waals surface area contributed by atoms with Crippen LogP contribution in [0.3, 0.4) is 0 Å². The first kappa shape index (κ1) is 18.8. The second-order valence-corrected chi connectivity index (χ2v) is 6.93. The van der Waals surface area contributed by atoms with Gasteiger partial charge in [-0.25, -0.2) is 4.98 Å². The van der Waals surface area contributed by atoms with Gasteiger partial charge in [-0.05, 0) is 42.8 Å². The maximum Gasteiger partial charge on any atom is 0.266 e. The summed E-state index contributed by atoms with van der Waals surface area (Å²) in [5.41, 5.74) is 1.46. The zero-order valence-corrected chi connectivity index (χ0v) is 16.5. The van der Waals surface area contributed by atoms with Gasteiger partial charge < -0.3 is 10.1 Å². The van der Waals surface area contributed by atoms with Gasteiger partial charge in [0.15, 0.2) is 0 Å². The van der Waals surface area contributed by atoms with Crippen molar-refractivity contribution in [3.63, 3.8) is 0 Å². The lowest BCUT2D eigenvalue weighted by Gasteiger charge is -2.21. The fourth-order valence-corrected chi connectivity index (χ4v) is 3.24. The topological polar surface area (TPSA) is 56.1 Å². The lowest BCUT2D eigenvalue weighted by atomic mass is 10.1. The lowest BCUT2D eigenvalue weighted by molar-refractivity contribution is 0.194. The molecule has 1 heterocycles. The minimum Gasteiger partial charge on any atom is -0.383 e. The van der Waals surface area contributed by atoms with Gasteiger partial charge in [-0.1, -0.05) is 35.0 Å². The van der Waals surface area contributed by atoms with Crippen molar-refractivity contribution in [3.05, 3.63) is 69.2 Å². The number of hydrogen-bond donors (Lipinski definition) is 1. The third kappa shape index (κ3) is 3.87. The summed E-state index contributed by atoms with van der Waals surface area (Å²) in [5, 5.41) is 4.06. The van der Waals surface area contributed by atoms with Crippen LogP contribution in [-0.4, -0.2) is 29.8 Å². The standard InChI is InChI=1S/C20H22BrN3O2/c1-3-17(22-12-13-26-2)19-23-18-7-5-4-6-16(18)20(25)24(19)15-10-8-14(21)9-11-15/h4-11,17,22H,3,12-13H2,1-2H3. The van der Waals surface area contributed by atoms with E-state index in [0.29, 0.717) is 24.1 Å². The van der Waals surface area contributed by atoms with Gasteiger partial charge in [-0.3, -0.25) is 9.36 Å². The molecular weight excluding hydrogens is 394 g/mol. The summed E-state index contributed by atoms with van der Waals surface area (Å²) in [6.07, 6.45) is 0.811. The molecule has 1 unspecified atom stereocenters. The monoisotopic (exact) mass is 415 g/mol. The maximum atomic E-state index is 13.2. The first-order chi connectivity index (χ1) is 12.7. The molecule has 2 aromatic carbocycles. The van der Waals surface area contributed by atoms with E-state index in [1.807, 2.05) is 48.5 Å². The molecule has 6 heteroatoms. The Morgan fingerprint density at radius 3 is 2.62 bits per heavy atom. The Balaban J connectivity index is 2.20. The van der Waals surface area contributed by atoms with E-state index in [1.165, 1.54) is 0 Å². The average molecular weight is 416 g/mol. The first-order valence-electron chi connectivity index (χ1n) is 8.65. The minimum atomic E-state index is -0.0556. The van der Waals surface area contributed by atoms with Crippen molar-refractivity contribution in [2.24, 2.45) is 0 Å². The van der Waals surface area contributed by atoms with E-state index in [2.05, 4.69) is 28.2 Å². The van der Waals surface area contributed by atoms with Crippen LogP contribution in [0.25, 0.3) is 16.6 Å². The fourth-order valence-electron chi connectivity index (χ4n) is 2.98. The predicted molar refractivity (Wildman–Crippen MR) is 108 cm³/mol. The first-order valence-corrected chi connectivity index (χ1v) is 9.45. The molecule has 3 rings (SSSR count). The molecule has 0 saturated heterocycles. The molecule has 1 aromatic heterocycles. The summed E-state index contributed by atoms with van der Waals surface area (Å²) in [4.78, 5) is 18.1. The summed E-state index contributed by atoms with van der Waals surface area (Å²) >= 11 is 3.45. The van der Waals surface area contributed by atoms with E-state index in [9.17, 15) is 4.79 Å². The molecule has 0 spiro atoms. The van der Waals surface area contributed by atoms with E-state index in [-0.39, 0.29) is 11.6 Å². The van der Waals surface area contributed by atoms with Crippen LogP contribution in [0.15, 0.2) is 57.8 Å². The van der Waals surface area contributed by atoms with Crippen molar-refractivity contribution in [3.8, 4) is 5.69 Å². The second-order valence-electron chi connectivity index (χ2n) is 6.01. The minimum absolute atomic E-state index is 0.0499. The molecule has 0 fully saturated rings. The molecule has 5 nitrogen and oxygen atoms in total. The SMILES string of the molecule is CCC(NCCOC)c1nc2ccccc2c(=O)n1-c1ccc(Br)cc1. The number of nitrogens with zero attached hydrogens (tertiary/aromatic N) is 2. The molecule has 0 aliphatic rings. The van der Waals surface area contributed by atoms with Crippen LogP contribution >= 0.6 is 15.9 Å². The van der Waals surface area contributed by atoms with Gasteiger partial charge in [-0.2, -0.15) is 0 Å². The normalized spacial score (nSPS) is 12.4. The molecule has 0 saturated carbocycles. The van der Waals surface area contributed by atoms with Crippen molar-refractivity contribution >= 4 is 26.8 Å². The number of halogens is 1. The number of benzene rings is 2. The molecule has 0 amide bonds. The molecule has 1 N–H and O–H groups in total. The van der Waals surface area contributed by atoms with Crippen molar-refractivity contribution in [1.82, 2.24) is 14.9 Å². The van der Waals surface area contributed by atoms with Gasteiger partial charge in [-0.15, -0.1) is 0 Å². The summed E-state index contributed by atoms with van der Waals surface area (Å²) < 4.78 is 7.82. The molecule has 1 atom stereocenters. The third-order valence-corrected chi connectivity index (χ3v) is 4.83. The van der Waals surface area contributed by atoms with Crippen molar-refractivity contribution in [2.75, 3.05) is 20.3 Å².